The number of aryl methyl sites for hydroxylation is 1. The first kappa shape index (κ1) is 26.3. The number of rotatable bonds is 9. The van der Waals surface area contributed by atoms with Gasteiger partial charge in [-0.15, -0.1) is 0 Å². The van der Waals surface area contributed by atoms with Crippen molar-refractivity contribution in [1.29, 1.82) is 0 Å². The van der Waals surface area contributed by atoms with Crippen molar-refractivity contribution in [2.24, 2.45) is 5.41 Å². The molecule has 0 heterocycles. The van der Waals surface area contributed by atoms with E-state index in [9.17, 15) is 14.7 Å². The van der Waals surface area contributed by atoms with Crippen molar-refractivity contribution in [3.63, 3.8) is 0 Å². The Balaban J connectivity index is 1.66. The lowest BCUT2D eigenvalue weighted by Gasteiger charge is -2.34. The predicted molar refractivity (Wildman–Crippen MR) is 144 cm³/mol. The highest BCUT2D eigenvalue weighted by molar-refractivity contribution is 6.01. The lowest BCUT2D eigenvalue weighted by molar-refractivity contribution is -0.111. The van der Waals surface area contributed by atoms with Gasteiger partial charge in [-0.05, 0) is 67.8 Å². The smallest absolute Gasteiger partial charge is 0.412 e. The van der Waals surface area contributed by atoms with E-state index in [1.807, 2.05) is 45.0 Å². The number of nitrogens with one attached hydrogen (secondary N) is 2. The van der Waals surface area contributed by atoms with Crippen LogP contribution in [0.25, 0.3) is 0 Å². The molecule has 0 radical (unpaired) electrons. The molecular formula is C29H33N3O4. The van der Waals surface area contributed by atoms with Crippen LogP contribution >= 0.6 is 0 Å². The number of hydrogen-bond acceptors (Lipinski definition) is 5. The average molecular weight is 488 g/mol. The lowest BCUT2D eigenvalue weighted by Crippen LogP contribution is -2.29. The fourth-order valence-corrected chi connectivity index (χ4v) is 3.78. The predicted octanol–water partition coefficient (Wildman–Crippen LogP) is 6.57. The quantitative estimate of drug-likeness (QED) is 0.201. The van der Waals surface area contributed by atoms with Gasteiger partial charge in [0, 0.05) is 11.1 Å². The van der Waals surface area contributed by atoms with Crippen LogP contribution in [0.5, 0.6) is 5.75 Å². The minimum absolute atomic E-state index is 0.132. The Morgan fingerprint density at radius 1 is 1.00 bits per heavy atom. The van der Waals surface area contributed by atoms with Crippen LogP contribution < -0.4 is 16.4 Å². The van der Waals surface area contributed by atoms with Crippen LogP contribution in [0.1, 0.15) is 43.9 Å². The van der Waals surface area contributed by atoms with Gasteiger partial charge in [-0.1, -0.05) is 61.9 Å². The highest BCUT2D eigenvalue weighted by Crippen LogP contribution is 2.41. The van der Waals surface area contributed by atoms with Crippen LogP contribution in [0.3, 0.4) is 0 Å². The monoisotopic (exact) mass is 487 g/mol. The number of anilines is 3. The number of phenolic OH excluding ortho intramolecular Hbond substituents is 1. The van der Waals surface area contributed by atoms with Gasteiger partial charge < -0.3 is 20.9 Å². The van der Waals surface area contributed by atoms with E-state index in [-0.39, 0.29) is 11.7 Å². The molecule has 0 aliphatic rings. The number of ether oxygens (including phenoxy) is 1. The van der Waals surface area contributed by atoms with E-state index in [0.29, 0.717) is 29.9 Å². The fourth-order valence-electron chi connectivity index (χ4n) is 3.78. The van der Waals surface area contributed by atoms with Crippen LogP contribution in [0.4, 0.5) is 21.9 Å². The van der Waals surface area contributed by atoms with Crippen LogP contribution in [0, 0.1) is 12.3 Å². The van der Waals surface area contributed by atoms with Crippen molar-refractivity contribution in [3.05, 3.63) is 96.1 Å². The number of nitrogens with two attached hydrogens (primary N) is 1. The largest absolute Gasteiger partial charge is 0.508 e. The summed E-state index contributed by atoms with van der Waals surface area (Å²) in [7, 11) is 0. The van der Waals surface area contributed by atoms with E-state index in [0.717, 1.165) is 11.1 Å². The zero-order valence-electron chi connectivity index (χ0n) is 20.8. The number of hydrogen-bond donors (Lipinski definition) is 4. The molecular weight excluding hydrogens is 454 g/mol. The van der Waals surface area contributed by atoms with Gasteiger partial charge >= 0.3 is 6.09 Å². The second-order valence-corrected chi connectivity index (χ2v) is 9.37. The molecule has 2 amide bonds. The van der Waals surface area contributed by atoms with Gasteiger partial charge in [-0.2, -0.15) is 0 Å². The average Bonchev–Trinajstić information content (AvgIpc) is 2.84. The van der Waals surface area contributed by atoms with Gasteiger partial charge in [-0.25, -0.2) is 4.79 Å². The summed E-state index contributed by atoms with van der Waals surface area (Å²) in [6.45, 7) is 5.98. The molecule has 7 heteroatoms. The number of aromatic hydroxyl groups is 1. The van der Waals surface area contributed by atoms with Crippen molar-refractivity contribution in [1.82, 2.24) is 0 Å². The van der Waals surface area contributed by atoms with Crippen LogP contribution in [0.15, 0.2) is 84.9 Å². The molecule has 0 saturated carbocycles. The van der Waals surface area contributed by atoms with Crippen molar-refractivity contribution in [3.8, 4) is 5.75 Å². The topological polar surface area (TPSA) is 114 Å². The number of para-hydroxylation sites is 2. The molecule has 0 saturated heterocycles. The molecule has 3 rings (SSSR count). The third-order valence-corrected chi connectivity index (χ3v) is 5.87. The summed E-state index contributed by atoms with van der Waals surface area (Å²) >= 11 is 0. The number of nitrogen functional groups attached to an aromatic ring is 1. The Hall–Kier alpha value is -4.26. The molecule has 36 heavy (non-hydrogen) atoms. The molecule has 0 spiro atoms. The summed E-state index contributed by atoms with van der Waals surface area (Å²) in [6, 6.07) is 21.1. The Bertz CT molecular complexity index is 1200. The Morgan fingerprint density at radius 2 is 1.67 bits per heavy atom. The maximum atomic E-state index is 12.8. The first-order valence-corrected chi connectivity index (χ1v) is 11.8. The van der Waals surface area contributed by atoms with E-state index in [1.165, 1.54) is 6.08 Å². The first-order valence-electron chi connectivity index (χ1n) is 11.8. The van der Waals surface area contributed by atoms with Crippen molar-refractivity contribution >= 4 is 29.1 Å². The van der Waals surface area contributed by atoms with Crippen molar-refractivity contribution in [2.75, 3.05) is 16.4 Å². The SMILES string of the molecule is Cc1ccc(NC(=O)O[C@H](c2ccc(O)cc2)C(C)(C)CC/C=C/C(=O)Nc2ccccc2N)cc1. The minimum atomic E-state index is -0.588. The molecule has 3 aromatic rings. The Kier molecular flexibility index (Phi) is 8.73. The molecule has 0 aliphatic carbocycles. The summed E-state index contributed by atoms with van der Waals surface area (Å²) in [6.07, 6.45) is 3.32. The zero-order chi connectivity index (χ0) is 26.1. The molecule has 0 aromatic heterocycles. The second-order valence-electron chi connectivity index (χ2n) is 9.37. The standard InChI is InChI=1S/C29H33N3O4/c1-20-11-15-22(16-12-20)31-28(35)36-27(21-13-17-23(33)18-14-21)29(2,3)19-7-6-10-26(34)32-25-9-5-4-8-24(25)30/h4-6,8-18,27,33H,7,19,30H2,1-3H3,(H,31,35)(H,32,34)/b10-6+/t27-/m1/s1. The Labute approximate surface area is 212 Å². The number of amides is 2. The van der Waals surface area contributed by atoms with E-state index < -0.39 is 17.6 Å². The molecule has 1 atom stereocenters. The summed E-state index contributed by atoms with van der Waals surface area (Å²) in [5.41, 5.74) is 8.94. The third kappa shape index (κ3) is 7.63. The highest BCUT2D eigenvalue weighted by atomic mass is 16.6. The molecule has 5 N–H and O–H groups in total. The van der Waals surface area contributed by atoms with Crippen molar-refractivity contribution < 1.29 is 19.4 Å². The molecule has 0 bridgehead atoms. The summed E-state index contributed by atoms with van der Waals surface area (Å²) in [4.78, 5) is 25.0. The van der Waals surface area contributed by atoms with Crippen molar-refractivity contribution in [2.45, 2.75) is 39.7 Å². The summed E-state index contributed by atoms with van der Waals surface area (Å²) in [5, 5.41) is 15.3. The molecule has 7 nitrogen and oxygen atoms in total. The molecule has 188 valence electrons. The third-order valence-electron chi connectivity index (χ3n) is 5.87. The lowest BCUT2D eigenvalue weighted by atomic mass is 9.78. The van der Waals surface area contributed by atoms with Gasteiger partial charge in [0.25, 0.3) is 0 Å². The van der Waals surface area contributed by atoms with Gasteiger partial charge in [0.05, 0.1) is 11.4 Å². The summed E-state index contributed by atoms with van der Waals surface area (Å²) < 4.78 is 5.90. The second kappa shape index (κ2) is 11.9. The van der Waals surface area contributed by atoms with E-state index >= 15 is 0 Å². The summed E-state index contributed by atoms with van der Waals surface area (Å²) in [5.74, 6) is -0.137. The number of benzene rings is 3. The van der Waals surface area contributed by atoms with E-state index in [1.54, 1.807) is 54.6 Å². The molecule has 0 fully saturated rings. The fraction of sp³-hybridized carbons (Fsp3) is 0.241. The maximum Gasteiger partial charge on any atom is 0.412 e. The van der Waals surface area contributed by atoms with E-state index in [4.69, 9.17) is 10.5 Å². The molecule has 3 aromatic carbocycles. The van der Waals surface area contributed by atoms with E-state index in [2.05, 4.69) is 10.6 Å². The van der Waals surface area contributed by atoms with Gasteiger partial charge in [0.1, 0.15) is 11.9 Å². The minimum Gasteiger partial charge on any atom is -0.508 e. The molecule has 0 unspecified atom stereocenters. The Morgan fingerprint density at radius 3 is 2.33 bits per heavy atom. The maximum absolute atomic E-state index is 12.8. The van der Waals surface area contributed by atoms with Crippen LogP contribution in [-0.2, 0) is 9.53 Å². The van der Waals surface area contributed by atoms with Gasteiger partial charge in [0.15, 0.2) is 0 Å². The van der Waals surface area contributed by atoms with Crippen LogP contribution in [-0.4, -0.2) is 17.1 Å². The van der Waals surface area contributed by atoms with Gasteiger partial charge in [0.2, 0.25) is 5.91 Å². The highest BCUT2D eigenvalue weighted by Gasteiger charge is 2.34. The number of carbonyl (C=O) groups excluding carboxylic acids is 2. The zero-order valence-corrected chi connectivity index (χ0v) is 20.8. The normalized spacial score (nSPS) is 12.2. The number of phenols is 1. The first-order chi connectivity index (χ1) is 17.1. The van der Waals surface area contributed by atoms with Crippen LogP contribution in [0.2, 0.25) is 0 Å². The number of allylic oxidation sites excluding steroid dienone is 1. The number of carbonyl (C=O) groups is 2. The van der Waals surface area contributed by atoms with Gasteiger partial charge in [-0.3, -0.25) is 10.1 Å². The molecule has 0 aliphatic heterocycles.